The van der Waals surface area contributed by atoms with Gasteiger partial charge in [-0.2, -0.15) is 13.2 Å². The van der Waals surface area contributed by atoms with Crippen LogP contribution in [0, 0.1) is 0 Å². The van der Waals surface area contributed by atoms with E-state index >= 15 is 0 Å². The Labute approximate surface area is 117 Å². The van der Waals surface area contributed by atoms with E-state index in [2.05, 4.69) is 4.90 Å². The SMILES string of the molecule is CCC(Oc1cccc(C(F)(F)F)c1)N1CCCCC1. The standard InChI is InChI=1S/C15H20F3NO/c1-2-14(19-9-4-3-5-10-19)20-13-8-6-7-12(11-13)15(16,17)18/h6-8,11,14H,2-5,9-10H2,1H3. The summed E-state index contributed by atoms with van der Waals surface area (Å²) < 4.78 is 43.8. The monoisotopic (exact) mass is 287 g/mol. The molecule has 1 heterocycles. The zero-order valence-corrected chi connectivity index (χ0v) is 11.6. The van der Waals surface area contributed by atoms with Crippen molar-refractivity contribution in [2.75, 3.05) is 13.1 Å². The molecule has 1 unspecified atom stereocenters. The molecule has 5 heteroatoms. The lowest BCUT2D eigenvalue weighted by molar-refractivity contribution is -0.137. The van der Waals surface area contributed by atoms with Gasteiger partial charge in [0.05, 0.1) is 5.56 Å². The molecule has 0 N–H and O–H groups in total. The number of piperidine rings is 1. The van der Waals surface area contributed by atoms with E-state index in [0.29, 0.717) is 0 Å². The highest BCUT2D eigenvalue weighted by molar-refractivity contribution is 5.30. The summed E-state index contributed by atoms with van der Waals surface area (Å²) in [6, 6.07) is 5.12. The van der Waals surface area contributed by atoms with Gasteiger partial charge in [-0.3, -0.25) is 4.90 Å². The number of hydrogen-bond acceptors (Lipinski definition) is 2. The third-order valence-electron chi connectivity index (χ3n) is 3.58. The molecule has 0 spiro atoms. The second-order valence-corrected chi connectivity index (χ2v) is 5.10. The molecule has 112 valence electrons. The minimum Gasteiger partial charge on any atom is -0.475 e. The van der Waals surface area contributed by atoms with Gasteiger partial charge in [-0.25, -0.2) is 0 Å². The number of halogens is 3. The molecule has 1 aromatic carbocycles. The maximum Gasteiger partial charge on any atom is 0.416 e. The van der Waals surface area contributed by atoms with Gasteiger partial charge in [-0.15, -0.1) is 0 Å². The second-order valence-electron chi connectivity index (χ2n) is 5.10. The lowest BCUT2D eigenvalue weighted by Crippen LogP contribution is -2.42. The van der Waals surface area contributed by atoms with Crippen LogP contribution in [0.3, 0.4) is 0 Å². The number of nitrogens with zero attached hydrogens (tertiary/aromatic N) is 1. The molecule has 1 saturated heterocycles. The van der Waals surface area contributed by atoms with E-state index < -0.39 is 11.7 Å². The van der Waals surface area contributed by atoms with Crippen LogP contribution < -0.4 is 4.74 Å². The third kappa shape index (κ3) is 3.88. The normalized spacial score (nSPS) is 18.8. The van der Waals surface area contributed by atoms with Crippen LogP contribution in [0.1, 0.15) is 38.2 Å². The molecule has 0 bridgehead atoms. The lowest BCUT2D eigenvalue weighted by Gasteiger charge is -2.34. The van der Waals surface area contributed by atoms with Gasteiger partial charge in [-0.1, -0.05) is 19.4 Å². The number of ether oxygens (including phenoxy) is 1. The van der Waals surface area contributed by atoms with E-state index in [1.165, 1.54) is 12.5 Å². The van der Waals surface area contributed by atoms with Crippen molar-refractivity contribution in [1.29, 1.82) is 0 Å². The van der Waals surface area contributed by atoms with Crippen molar-refractivity contribution in [3.05, 3.63) is 29.8 Å². The Hall–Kier alpha value is -1.23. The van der Waals surface area contributed by atoms with Gasteiger partial charge in [0.2, 0.25) is 0 Å². The highest BCUT2D eigenvalue weighted by Gasteiger charge is 2.31. The largest absolute Gasteiger partial charge is 0.475 e. The molecule has 20 heavy (non-hydrogen) atoms. The molecule has 1 aromatic rings. The van der Waals surface area contributed by atoms with Crippen molar-refractivity contribution in [3.8, 4) is 5.75 Å². The van der Waals surface area contributed by atoms with Gasteiger partial charge >= 0.3 is 6.18 Å². The van der Waals surface area contributed by atoms with E-state index in [1.54, 1.807) is 6.07 Å². The maximum absolute atomic E-state index is 12.7. The van der Waals surface area contributed by atoms with Gasteiger partial charge < -0.3 is 4.74 Å². The van der Waals surface area contributed by atoms with Crippen LogP contribution in [0.15, 0.2) is 24.3 Å². The first-order valence-electron chi connectivity index (χ1n) is 7.08. The third-order valence-corrected chi connectivity index (χ3v) is 3.58. The van der Waals surface area contributed by atoms with Gasteiger partial charge in [0.15, 0.2) is 6.23 Å². The van der Waals surface area contributed by atoms with Crippen molar-refractivity contribution in [3.63, 3.8) is 0 Å². The molecule has 0 amide bonds. The van der Waals surface area contributed by atoms with Crippen LogP contribution >= 0.6 is 0 Å². The highest BCUT2D eigenvalue weighted by Crippen LogP contribution is 2.32. The number of likely N-dealkylation sites (tertiary alicyclic amines) is 1. The van der Waals surface area contributed by atoms with Crippen LogP contribution in [0.25, 0.3) is 0 Å². The number of rotatable bonds is 4. The highest BCUT2D eigenvalue weighted by atomic mass is 19.4. The fraction of sp³-hybridized carbons (Fsp3) is 0.600. The summed E-state index contributed by atoms with van der Waals surface area (Å²) in [7, 11) is 0. The Bertz CT molecular complexity index is 427. The Morgan fingerprint density at radius 2 is 1.90 bits per heavy atom. The number of benzene rings is 1. The summed E-state index contributed by atoms with van der Waals surface area (Å²) in [5.74, 6) is 0.289. The summed E-state index contributed by atoms with van der Waals surface area (Å²) in [5, 5.41) is 0. The van der Waals surface area contributed by atoms with Gasteiger partial charge in [0.1, 0.15) is 5.75 Å². The number of hydrogen-bond donors (Lipinski definition) is 0. The minimum absolute atomic E-state index is 0.140. The molecule has 1 fully saturated rings. The van der Waals surface area contributed by atoms with Crippen LogP contribution in [0.4, 0.5) is 13.2 Å². The van der Waals surface area contributed by atoms with Crippen molar-refractivity contribution in [1.82, 2.24) is 4.90 Å². The number of alkyl halides is 3. The Kier molecular flexibility index (Phi) is 4.91. The van der Waals surface area contributed by atoms with E-state index in [4.69, 9.17) is 4.74 Å². The molecular weight excluding hydrogens is 267 g/mol. The van der Waals surface area contributed by atoms with E-state index in [0.717, 1.165) is 44.5 Å². The summed E-state index contributed by atoms with van der Waals surface area (Å²) in [4.78, 5) is 2.21. The predicted molar refractivity (Wildman–Crippen MR) is 71.6 cm³/mol. The Morgan fingerprint density at radius 1 is 1.20 bits per heavy atom. The van der Waals surface area contributed by atoms with Crippen LogP contribution in [-0.4, -0.2) is 24.2 Å². The molecule has 0 saturated carbocycles. The summed E-state index contributed by atoms with van der Waals surface area (Å²) in [6.07, 6.45) is -0.233. The second kappa shape index (κ2) is 6.48. The van der Waals surface area contributed by atoms with Gasteiger partial charge in [-0.05, 0) is 37.5 Å². The van der Waals surface area contributed by atoms with Crippen molar-refractivity contribution in [2.45, 2.75) is 45.0 Å². The summed E-state index contributed by atoms with van der Waals surface area (Å²) >= 11 is 0. The van der Waals surface area contributed by atoms with Crippen molar-refractivity contribution >= 4 is 0 Å². The van der Waals surface area contributed by atoms with E-state index in [-0.39, 0.29) is 12.0 Å². The molecule has 0 aliphatic carbocycles. The Morgan fingerprint density at radius 3 is 2.50 bits per heavy atom. The fourth-order valence-electron chi connectivity index (χ4n) is 2.53. The average Bonchev–Trinajstić information content (AvgIpc) is 2.45. The molecule has 0 radical (unpaired) electrons. The summed E-state index contributed by atoms with van der Waals surface area (Å²) in [5.41, 5.74) is -0.663. The van der Waals surface area contributed by atoms with Gasteiger partial charge in [0.25, 0.3) is 0 Å². The maximum atomic E-state index is 12.7. The molecule has 2 nitrogen and oxygen atoms in total. The first kappa shape index (κ1) is 15.2. The van der Waals surface area contributed by atoms with Crippen LogP contribution in [0.2, 0.25) is 0 Å². The lowest BCUT2D eigenvalue weighted by atomic mass is 10.1. The molecule has 1 atom stereocenters. The van der Waals surface area contributed by atoms with E-state index in [1.807, 2.05) is 6.92 Å². The fourth-order valence-corrected chi connectivity index (χ4v) is 2.53. The molecule has 0 aromatic heterocycles. The van der Waals surface area contributed by atoms with E-state index in [9.17, 15) is 13.2 Å². The van der Waals surface area contributed by atoms with Crippen molar-refractivity contribution in [2.24, 2.45) is 0 Å². The van der Waals surface area contributed by atoms with Crippen molar-refractivity contribution < 1.29 is 17.9 Å². The molecule has 1 aliphatic rings. The quantitative estimate of drug-likeness (QED) is 0.818. The molecular formula is C15H20F3NO. The molecule has 2 rings (SSSR count). The van der Waals surface area contributed by atoms with Gasteiger partial charge in [0, 0.05) is 13.1 Å². The smallest absolute Gasteiger partial charge is 0.416 e. The van der Waals surface area contributed by atoms with Crippen LogP contribution in [0.5, 0.6) is 5.75 Å². The average molecular weight is 287 g/mol. The predicted octanol–water partition coefficient (Wildman–Crippen LogP) is 4.31. The topological polar surface area (TPSA) is 12.5 Å². The Balaban J connectivity index is 2.07. The first-order valence-corrected chi connectivity index (χ1v) is 7.08. The summed E-state index contributed by atoms with van der Waals surface area (Å²) in [6.45, 7) is 3.90. The minimum atomic E-state index is -4.33. The first-order chi connectivity index (χ1) is 9.50. The zero-order valence-electron chi connectivity index (χ0n) is 11.6. The molecule has 1 aliphatic heterocycles. The zero-order chi connectivity index (χ0) is 14.6. The van der Waals surface area contributed by atoms with Crippen LogP contribution in [-0.2, 0) is 6.18 Å².